The van der Waals surface area contributed by atoms with Crippen molar-refractivity contribution in [2.75, 3.05) is 13.2 Å². The van der Waals surface area contributed by atoms with Gasteiger partial charge in [-0.2, -0.15) is 0 Å². The van der Waals surface area contributed by atoms with Crippen LogP contribution in [0.15, 0.2) is 12.2 Å². The standard InChI is InChI=1S/C8H11NO3/c10-7-3-1-2-4-9-6(7)5-12-8(9)11/h1-2,6-7,10H,3-5H2/t6-,7+/m1/s1. The Morgan fingerprint density at radius 2 is 2.42 bits per heavy atom. The molecule has 1 saturated heterocycles. The summed E-state index contributed by atoms with van der Waals surface area (Å²) in [5.41, 5.74) is 0. The van der Waals surface area contributed by atoms with Gasteiger partial charge in [-0.25, -0.2) is 4.79 Å². The summed E-state index contributed by atoms with van der Waals surface area (Å²) in [5.74, 6) is 0. The molecule has 0 aromatic rings. The third-order valence-corrected chi connectivity index (χ3v) is 2.30. The zero-order valence-corrected chi connectivity index (χ0v) is 6.64. The van der Waals surface area contributed by atoms with Crippen molar-refractivity contribution in [3.63, 3.8) is 0 Å². The van der Waals surface area contributed by atoms with E-state index >= 15 is 0 Å². The Hall–Kier alpha value is -1.03. The van der Waals surface area contributed by atoms with E-state index in [1.54, 1.807) is 4.90 Å². The van der Waals surface area contributed by atoms with Crippen LogP contribution in [-0.2, 0) is 4.74 Å². The lowest BCUT2D eigenvalue weighted by Gasteiger charge is -2.21. The number of fused-ring (bicyclic) bond motifs is 1. The maximum absolute atomic E-state index is 11.1. The number of aliphatic hydroxyl groups excluding tert-OH is 1. The second-order valence-corrected chi connectivity index (χ2v) is 3.07. The highest BCUT2D eigenvalue weighted by Crippen LogP contribution is 2.19. The van der Waals surface area contributed by atoms with Crippen LogP contribution in [0.4, 0.5) is 4.79 Å². The molecule has 66 valence electrons. The molecule has 0 saturated carbocycles. The summed E-state index contributed by atoms with van der Waals surface area (Å²) < 4.78 is 4.82. The molecule has 12 heavy (non-hydrogen) atoms. The molecule has 0 aromatic carbocycles. The lowest BCUT2D eigenvalue weighted by Crippen LogP contribution is -2.40. The third kappa shape index (κ3) is 1.08. The van der Waals surface area contributed by atoms with E-state index in [0.29, 0.717) is 19.6 Å². The minimum Gasteiger partial charge on any atom is -0.447 e. The first-order valence-electron chi connectivity index (χ1n) is 4.05. The molecule has 2 rings (SSSR count). The van der Waals surface area contributed by atoms with Crippen LogP contribution in [0, 0.1) is 0 Å². The average molecular weight is 169 g/mol. The lowest BCUT2D eigenvalue weighted by atomic mass is 10.1. The van der Waals surface area contributed by atoms with E-state index in [1.165, 1.54) is 0 Å². The highest BCUT2D eigenvalue weighted by atomic mass is 16.6. The van der Waals surface area contributed by atoms with Crippen LogP contribution in [0.3, 0.4) is 0 Å². The predicted molar refractivity (Wildman–Crippen MR) is 41.6 cm³/mol. The SMILES string of the molecule is O=C1OC[C@@H]2[C@@H](O)CC=CCN12. The minimum absolute atomic E-state index is 0.146. The first kappa shape index (κ1) is 7.61. The summed E-state index contributed by atoms with van der Waals surface area (Å²) >= 11 is 0. The van der Waals surface area contributed by atoms with Gasteiger partial charge >= 0.3 is 6.09 Å². The molecule has 1 fully saturated rings. The predicted octanol–water partition coefficient (Wildman–Crippen LogP) is 0.128. The number of nitrogens with zero attached hydrogens (tertiary/aromatic N) is 1. The number of ether oxygens (including phenoxy) is 1. The quantitative estimate of drug-likeness (QED) is 0.524. The fourth-order valence-corrected chi connectivity index (χ4v) is 1.57. The number of carbonyl (C=O) groups is 1. The number of cyclic esters (lactones) is 1. The summed E-state index contributed by atoms with van der Waals surface area (Å²) in [7, 11) is 0. The van der Waals surface area contributed by atoms with Crippen molar-refractivity contribution in [3.05, 3.63) is 12.2 Å². The fourth-order valence-electron chi connectivity index (χ4n) is 1.57. The van der Waals surface area contributed by atoms with Crippen LogP contribution in [0.5, 0.6) is 0 Å². The Morgan fingerprint density at radius 3 is 3.25 bits per heavy atom. The van der Waals surface area contributed by atoms with Gasteiger partial charge in [-0.3, -0.25) is 4.90 Å². The Labute approximate surface area is 70.4 Å². The van der Waals surface area contributed by atoms with Gasteiger partial charge in [-0.15, -0.1) is 0 Å². The first-order valence-corrected chi connectivity index (χ1v) is 4.05. The van der Waals surface area contributed by atoms with Gasteiger partial charge in [0, 0.05) is 6.54 Å². The topological polar surface area (TPSA) is 49.8 Å². The molecule has 0 aromatic heterocycles. The number of hydrogen-bond acceptors (Lipinski definition) is 3. The van der Waals surface area contributed by atoms with E-state index in [-0.39, 0.29) is 12.1 Å². The maximum Gasteiger partial charge on any atom is 0.410 e. The second-order valence-electron chi connectivity index (χ2n) is 3.07. The van der Waals surface area contributed by atoms with Gasteiger partial charge in [-0.05, 0) is 6.42 Å². The van der Waals surface area contributed by atoms with Gasteiger partial charge in [0.25, 0.3) is 0 Å². The van der Waals surface area contributed by atoms with Crippen molar-refractivity contribution in [2.45, 2.75) is 18.6 Å². The summed E-state index contributed by atoms with van der Waals surface area (Å²) in [4.78, 5) is 12.6. The fraction of sp³-hybridized carbons (Fsp3) is 0.625. The normalized spacial score (nSPS) is 34.4. The number of aliphatic hydroxyl groups is 1. The van der Waals surface area contributed by atoms with Crippen LogP contribution >= 0.6 is 0 Å². The number of hydrogen-bond donors (Lipinski definition) is 1. The van der Waals surface area contributed by atoms with Crippen LogP contribution in [0.2, 0.25) is 0 Å². The van der Waals surface area contributed by atoms with Gasteiger partial charge < -0.3 is 9.84 Å². The number of amides is 1. The van der Waals surface area contributed by atoms with Crippen LogP contribution in [0.25, 0.3) is 0 Å². The zero-order valence-electron chi connectivity index (χ0n) is 6.64. The molecule has 2 aliphatic heterocycles. The van der Waals surface area contributed by atoms with E-state index in [0.717, 1.165) is 0 Å². The molecule has 0 radical (unpaired) electrons. The zero-order chi connectivity index (χ0) is 8.55. The summed E-state index contributed by atoms with van der Waals surface area (Å²) in [6, 6.07) is -0.146. The third-order valence-electron chi connectivity index (χ3n) is 2.30. The Bertz CT molecular complexity index is 226. The minimum atomic E-state index is -0.477. The Balaban J connectivity index is 2.18. The molecular formula is C8H11NO3. The van der Waals surface area contributed by atoms with Gasteiger partial charge in [0.15, 0.2) is 0 Å². The molecule has 4 heteroatoms. The Morgan fingerprint density at radius 1 is 1.58 bits per heavy atom. The number of rotatable bonds is 0. The average Bonchev–Trinajstić information content (AvgIpc) is 2.30. The summed E-state index contributed by atoms with van der Waals surface area (Å²) in [6.07, 6.45) is 3.60. The lowest BCUT2D eigenvalue weighted by molar-refractivity contribution is 0.0964. The largest absolute Gasteiger partial charge is 0.447 e. The van der Waals surface area contributed by atoms with Crippen molar-refractivity contribution in [1.29, 1.82) is 0 Å². The van der Waals surface area contributed by atoms with Gasteiger partial charge in [-0.1, -0.05) is 12.2 Å². The van der Waals surface area contributed by atoms with Crippen molar-refractivity contribution in [1.82, 2.24) is 4.90 Å². The highest BCUT2D eigenvalue weighted by molar-refractivity contribution is 5.70. The molecule has 2 aliphatic rings. The molecule has 0 aliphatic carbocycles. The second kappa shape index (κ2) is 2.79. The van der Waals surface area contributed by atoms with Gasteiger partial charge in [0.1, 0.15) is 6.61 Å². The van der Waals surface area contributed by atoms with E-state index in [2.05, 4.69) is 0 Å². The van der Waals surface area contributed by atoms with E-state index < -0.39 is 6.10 Å². The smallest absolute Gasteiger partial charge is 0.410 e. The molecule has 2 atom stereocenters. The van der Waals surface area contributed by atoms with Crippen molar-refractivity contribution in [3.8, 4) is 0 Å². The van der Waals surface area contributed by atoms with Crippen LogP contribution in [-0.4, -0.2) is 41.4 Å². The van der Waals surface area contributed by atoms with Gasteiger partial charge in [0.05, 0.1) is 12.1 Å². The molecule has 1 N–H and O–H groups in total. The van der Waals surface area contributed by atoms with Crippen LogP contribution in [0.1, 0.15) is 6.42 Å². The molecule has 0 spiro atoms. The van der Waals surface area contributed by atoms with Crippen molar-refractivity contribution in [2.24, 2.45) is 0 Å². The molecule has 2 heterocycles. The molecule has 0 unspecified atom stereocenters. The molecule has 4 nitrogen and oxygen atoms in total. The van der Waals surface area contributed by atoms with E-state index in [9.17, 15) is 9.90 Å². The molecular weight excluding hydrogens is 158 g/mol. The maximum atomic E-state index is 11.1. The summed E-state index contributed by atoms with van der Waals surface area (Å²) in [6.45, 7) is 0.877. The Kier molecular flexibility index (Phi) is 1.77. The summed E-state index contributed by atoms with van der Waals surface area (Å²) in [5, 5.41) is 9.55. The number of carbonyl (C=O) groups excluding carboxylic acids is 1. The van der Waals surface area contributed by atoms with E-state index in [1.807, 2.05) is 12.2 Å². The van der Waals surface area contributed by atoms with Crippen LogP contribution < -0.4 is 0 Å². The van der Waals surface area contributed by atoms with E-state index in [4.69, 9.17) is 4.74 Å². The first-order chi connectivity index (χ1) is 5.79. The highest BCUT2D eigenvalue weighted by Gasteiger charge is 2.37. The molecule has 0 bridgehead atoms. The monoisotopic (exact) mass is 169 g/mol. The molecule has 1 amide bonds. The van der Waals surface area contributed by atoms with Crippen molar-refractivity contribution >= 4 is 6.09 Å². The van der Waals surface area contributed by atoms with Crippen molar-refractivity contribution < 1.29 is 14.6 Å². The van der Waals surface area contributed by atoms with Gasteiger partial charge in [0.2, 0.25) is 0 Å².